The lowest BCUT2D eigenvalue weighted by Gasteiger charge is -2.05. The van der Waals surface area contributed by atoms with Crippen molar-refractivity contribution in [2.45, 2.75) is 20.0 Å². The van der Waals surface area contributed by atoms with Gasteiger partial charge in [0, 0.05) is 36.8 Å². The Balaban J connectivity index is 1.86. The number of thiophene rings is 1. The predicted octanol–water partition coefficient (Wildman–Crippen LogP) is 1.72. The zero-order chi connectivity index (χ0) is 12.1. The summed E-state index contributed by atoms with van der Waals surface area (Å²) in [5.74, 6) is -0.0433. The summed E-state index contributed by atoms with van der Waals surface area (Å²) in [4.78, 5) is 19.1. The summed E-state index contributed by atoms with van der Waals surface area (Å²) in [7, 11) is 0. The Morgan fingerprint density at radius 1 is 1.53 bits per heavy atom. The topological polar surface area (TPSA) is 69.8 Å². The van der Waals surface area contributed by atoms with Crippen molar-refractivity contribution in [3.05, 3.63) is 34.5 Å². The molecule has 0 bridgehead atoms. The van der Waals surface area contributed by atoms with E-state index in [2.05, 4.69) is 20.6 Å². The second-order valence-corrected chi connectivity index (χ2v) is 4.62. The highest BCUT2D eigenvalue weighted by Gasteiger charge is 2.05. The SMILES string of the molecule is CC(=O)Nc1ccsc1CNCc1cnc[nH]1. The van der Waals surface area contributed by atoms with Crippen LogP contribution in [0.25, 0.3) is 0 Å². The number of rotatable bonds is 5. The number of amides is 1. The number of nitrogens with one attached hydrogen (secondary N) is 3. The molecule has 0 atom stereocenters. The molecule has 0 fully saturated rings. The minimum absolute atomic E-state index is 0.0433. The van der Waals surface area contributed by atoms with Gasteiger partial charge in [0.05, 0.1) is 12.0 Å². The van der Waals surface area contributed by atoms with Gasteiger partial charge < -0.3 is 15.6 Å². The maximum absolute atomic E-state index is 11.0. The van der Waals surface area contributed by atoms with Gasteiger partial charge in [-0.2, -0.15) is 0 Å². The van der Waals surface area contributed by atoms with Gasteiger partial charge in [0.25, 0.3) is 0 Å². The number of hydrogen-bond acceptors (Lipinski definition) is 4. The van der Waals surface area contributed by atoms with E-state index in [-0.39, 0.29) is 5.91 Å². The number of aromatic nitrogens is 2. The highest BCUT2D eigenvalue weighted by atomic mass is 32.1. The first-order valence-corrected chi connectivity index (χ1v) is 6.15. The number of imidazole rings is 1. The molecule has 0 aliphatic heterocycles. The first kappa shape index (κ1) is 11.8. The lowest BCUT2D eigenvalue weighted by atomic mass is 10.3. The van der Waals surface area contributed by atoms with Crippen LogP contribution >= 0.6 is 11.3 Å². The zero-order valence-corrected chi connectivity index (χ0v) is 10.3. The number of carbonyl (C=O) groups excluding carboxylic acids is 1. The van der Waals surface area contributed by atoms with Crippen LogP contribution in [0.4, 0.5) is 5.69 Å². The van der Waals surface area contributed by atoms with Crippen LogP contribution in [0.1, 0.15) is 17.5 Å². The lowest BCUT2D eigenvalue weighted by molar-refractivity contribution is -0.114. The first-order valence-electron chi connectivity index (χ1n) is 5.27. The standard InChI is InChI=1S/C11H14N4OS/c1-8(16)15-10-2-3-17-11(10)6-12-4-9-5-13-7-14-9/h2-3,5,7,12H,4,6H2,1H3,(H,13,14)(H,15,16). The largest absolute Gasteiger partial charge is 0.347 e. The van der Waals surface area contributed by atoms with Crippen LogP contribution in [-0.2, 0) is 17.9 Å². The predicted molar refractivity (Wildman–Crippen MR) is 67.8 cm³/mol. The summed E-state index contributed by atoms with van der Waals surface area (Å²) >= 11 is 1.63. The van der Waals surface area contributed by atoms with Gasteiger partial charge in [0.2, 0.25) is 5.91 Å². The molecule has 2 aromatic heterocycles. The highest BCUT2D eigenvalue weighted by molar-refractivity contribution is 7.10. The van der Waals surface area contributed by atoms with Gasteiger partial charge in [-0.05, 0) is 11.4 Å². The van der Waals surface area contributed by atoms with Crippen molar-refractivity contribution >= 4 is 22.9 Å². The molecule has 0 saturated heterocycles. The van der Waals surface area contributed by atoms with Crippen molar-refractivity contribution in [1.29, 1.82) is 0 Å². The van der Waals surface area contributed by atoms with E-state index in [1.807, 2.05) is 11.4 Å². The molecule has 5 nitrogen and oxygen atoms in total. The van der Waals surface area contributed by atoms with E-state index in [0.29, 0.717) is 0 Å². The Labute approximate surface area is 103 Å². The Hall–Kier alpha value is -1.66. The maximum atomic E-state index is 11.0. The molecule has 3 N–H and O–H groups in total. The number of nitrogens with zero attached hydrogens (tertiary/aromatic N) is 1. The lowest BCUT2D eigenvalue weighted by Crippen LogP contribution is -2.14. The van der Waals surface area contributed by atoms with Gasteiger partial charge in [-0.3, -0.25) is 4.79 Å². The van der Waals surface area contributed by atoms with Crippen molar-refractivity contribution in [2.75, 3.05) is 5.32 Å². The van der Waals surface area contributed by atoms with Crippen molar-refractivity contribution in [3.63, 3.8) is 0 Å². The summed E-state index contributed by atoms with van der Waals surface area (Å²) in [6, 6.07) is 1.92. The molecule has 0 spiro atoms. The van der Waals surface area contributed by atoms with Gasteiger partial charge in [0.1, 0.15) is 0 Å². The molecule has 0 radical (unpaired) electrons. The Morgan fingerprint density at radius 3 is 3.12 bits per heavy atom. The van der Waals surface area contributed by atoms with Crippen LogP contribution < -0.4 is 10.6 Å². The third-order valence-corrected chi connectivity index (χ3v) is 3.13. The van der Waals surface area contributed by atoms with Gasteiger partial charge in [-0.15, -0.1) is 11.3 Å². The quantitative estimate of drug-likeness (QED) is 0.756. The van der Waals surface area contributed by atoms with E-state index in [1.54, 1.807) is 23.9 Å². The molecule has 0 aliphatic rings. The monoisotopic (exact) mass is 250 g/mol. The average molecular weight is 250 g/mol. The van der Waals surface area contributed by atoms with Gasteiger partial charge in [-0.25, -0.2) is 4.98 Å². The first-order chi connectivity index (χ1) is 8.25. The third-order valence-electron chi connectivity index (χ3n) is 2.21. The summed E-state index contributed by atoms with van der Waals surface area (Å²) in [6.07, 6.45) is 3.45. The van der Waals surface area contributed by atoms with Crippen LogP contribution in [0, 0.1) is 0 Å². The molecule has 0 saturated carbocycles. The van der Waals surface area contributed by atoms with E-state index in [0.717, 1.165) is 29.3 Å². The minimum atomic E-state index is -0.0433. The van der Waals surface area contributed by atoms with E-state index in [4.69, 9.17) is 0 Å². The Morgan fingerprint density at radius 2 is 2.41 bits per heavy atom. The van der Waals surface area contributed by atoms with Crippen LogP contribution in [0.3, 0.4) is 0 Å². The molecule has 1 amide bonds. The summed E-state index contributed by atoms with van der Waals surface area (Å²) < 4.78 is 0. The van der Waals surface area contributed by atoms with E-state index < -0.39 is 0 Å². The molecule has 90 valence electrons. The smallest absolute Gasteiger partial charge is 0.221 e. The summed E-state index contributed by atoms with van der Waals surface area (Å²) in [5, 5.41) is 8.07. The van der Waals surface area contributed by atoms with Crippen molar-refractivity contribution in [2.24, 2.45) is 0 Å². The third kappa shape index (κ3) is 3.40. The fourth-order valence-corrected chi connectivity index (χ4v) is 2.27. The molecular weight excluding hydrogens is 236 g/mol. The molecule has 0 aromatic carbocycles. The molecule has 6 heteroatoms. The fourth-order valence-electron chi connectivity index (χ4n) is 1.47. The zero-order valence-electron chi connectivity index (χ0n) is 9.49. The van der Waals surface area contributed by atoms with Crippen LogP contribution in [0.15, 0.2) is 24.0 Å². The van der Waals surface area contributed by atoms with Gasteiger partial charge in [0.15, 0.2) is 0 Å². The second kappa shape index (κ2) is 5.60. The van der Waals surface area contributed by atoms with Gasteiger partial charge in [-0.1, -0.05) is 0 Å². The van der Waals surface area contributed by atoms with E-state index >= 15 is 0 Å². The molecule has 0 unspecified atom stereocenters. The maximum Gasteiger partial charge on any atom is 0.221 e. The number of H-pyrrole nitrogens is 1. The van der Waals surface area contributed by atoms with Crippen LogP contribution in [0.2, 0.25) is 0 Å². The Bertz CT molecular complexity index is 477. The molecule has 2 heterocycles. The number of carbonyl (C=O) groups is 1. The van der Waals surface area contributed by atoms with E-state index in [1.165, 1.54) is 6.92 Å². The van der Waals surface area contributed by atoms with Crippen molar-refractivity contribution < 1.29 is 4.79 Å². The Kier molecular flexibility index (Phi) is 3.89. The number of aromatic amines is 1. The van der Waals surface area contributed by atoms with Crippen LogP contribution in [-0.4, -0.2) is 15.9 Å². The molecule has 2 rings (SSSR count). The normalized spacial score (nSPS) is 10.4. The average Bonchev–Trinajstić information content (AvgIpc) is 2.90. The van der Waals surface area contributed by atoms with Crippen molar-refractivity contribution in [1.82, 2.24) is 15.3 Å². The number of hydrogen-bond donors (Lipinski definition) is 3. The van der Waals surface area contributed by atoms with Crippen LogP contribution in [0.5, 0.6) is 0 Å². The van der Waals surface area contributed by atoms with E-state index in [9.17, 15) is 4.79 Å². The summed E-state index contributed by atoms with van der Waals surface area (Å²) in [6.45, 7) is 2.98. The van der Waals surface area contributed by atoms with Crippen molar-refractivity contribution in [3.8, 4) is 0 Å². The fraction of sp³-hybridized carbons (Fsp3) is 0.273. The molecule has 17 heavy (non-hydrogen) atoms. The number of anilines is 1. The highest BCUT2D eigenvalue weighted by Crippen LogP contribution is 2.21. The summed E-state index contributed by atoms with van der Waals surface area (Å²) in [5.41, 5.74) is 1.93. The van der Waals surface area contributed by atoms with Gasteiger partial charge >= 0.3 is 0 Å². The molecule has 0 aliphatic carbocycles. The molecule has 2 aromatic rings. The minimum Gasteiger partial charge on any atom is -0.347 e. The molecular formula is C11H14N4OS. The second-order valence-electron chi connectivity index (χ2n) is 3.62.